The zero-order valence-corrected chi connectivity index (χ0v) is 12.0. The van der Waals surface area contributed by atoms with Crippen LogP contribution in [0.15, 0.2) is 53.1 Å². The molecule has 6 heteroatoms. The second kappa shape index (κ2) is 5.14. The highest BCUT2D eigenvalue weighted by Gasteiger charge is 2.14. The second-order valence-electron chi connectivity index (χ2n) is 4.68. The molecule has 0 atom stereocenters. The standard InChI is InChI=1S/C15H12N4OS/c1-2-5-11(6-3-1)8-9-13-16-17-15-19(13)18-14(21-15)12-7-4-10-20-12/h1-7,10H,8-9H2. The van der Waals surface area contributed by atoms with E-state index in [9.17, 15) is 0 Å². The van der Waals surface area contributed by atoms with E-state index in [2.05, 4.69) is 27.4 Å². The normalized spacial score (nSPS) is 11.2. The quantitative estimate of drug-likeness (QED) is 0.580. The molecule has 5 nitrogen and oxygen atoms in total. The van der Waals surface area contributed by atoms with Crippen molar-refractivity contribution in [2.24, 2.45) is 0 Å². The third-order valence-corrected chi connectivity index (χ3v) is 4.18. The molecule has 4 rings (SSSR count). The van der Waals surface area contributed by atoms with E-state index in [-0.39, 0.29) is 0 Å². The van der Waals surface area contributed by atoms with Crippen molar-refractivity contribution in [3.63, 3.8) is 0 Å². The van der Waals surface area contributed by atoms with E-state index >= 15 is 0 Å². The van der Waals surface area contributed by atoms with Crippen molar-refractivity contribution in [3.8, 4) is 10.8 Å². The van der Waals surface area contributed by atoms with Gasteiger partial charge in [0.25, 0.3) is 0 Å². The average Bonchev–Trinajstić information content (AvgIpc) is 3.23. The second-order valence-corrected chi connectivity index (χ2v) is 5.64. The molecule has 0 aliphatic carbocycles. The lowest BCUT2D eigenvalue weighted by Gasteiger charge is -1.98. The van der Waals surface area contributed by atoms with Crippen LogP contribution in [0.3, 0.4) is 0 Å². The van der Waals surface area contributed by atoms with E-state index in [4.69, 9.17) is 4.42 Å². The van der Waals surface area contributed by atoms with Gasteiger partial charge in [0, 0.05) is 6.42 Å². The monoisotopic (exact) mass is 296 g/mol. The summed E-state index contributed by atoms with van der Waals surface area (Å²) in [6.45, 7) is 0. The Balaban J connectivity index is 1.61. The fraction of sp³-hybridized carbons (Fsp3) is 0.133. The lowest BCUT2D eigenvalue weighted by molar-refractivity contribution is 0.580. The van der Waals surface area contributed by atoms with E-state index in [1.165, 1.54) is 16.9 Å². The van der Waals surface area contributed by atoms with Gasteiger partial charge in [-0.2, -0.15) is 4.52 Å². The van der Waals surface area contributed by atoms with Crippen LogP contribution in [-0.4, -0.2) is 19.8 Å². The fourth-order valence-corrected chi connectivity index (χ4v) is 3.04. The number of furan rings is 1. The van der Waals surface area contributed by atoms with Crippen LogP contribution in [0.2, 0.25) is 0 Å². The average molecular weight is 296 g/mol. The first-order valence-corrected chi connectivity index (χ1v) is 7.51. The first-order chi connectivity index (χ1) is 10.4. The van der Waals surface area contributed by atoms with Gasteiger partial charge < -0.3 is 4.42 Å². The minimum absolute atomic E-state index is 0.763. The Hall–Kier alpha value is -2.47. The highest BCUT2D eigenvalue weighted by atomic mass is 32.1. The number of hydrogen-bond donors (Lipinski definition) is 0. The molecule has 0 spiro atoms. The van der Waals surface area contributed by atoms with Gasteiger partial charge in [0.15, 0.2) is 16.6 Å². The predicted octanol–water partition coefficient (Wildman–Crippen LogP) is 3.23. The maximum absolute atomic E-state index is 5.37. The summed E-state index contributed by atoms with van der Waals surface area (Å²) in [6, 6.07) is 14.1. The number of fused-ring (bicyclic) bond motifs is 1. The smallest absolute Gasteiger partial charge is 0.235 e. The van der Waals surface area contributed by atoms with E-state index < -0.39 is 0 Å². The molecule has 3 aromatic heterocycles. The molecule has 0 fully saturated rings. The van der Waals surface area contributed by atoms with Crippen molar-refractivity contribution in [3.05, 3.63) is 60.1 Å². The van der Waals surface area contributed by atoms with Gasteiger partial charge in [0.1, 0.15) is 0 Å². The zero-order valence-electron chi connectivity index (χ0n) is 11.1. The molecule has 4 aromatic rings. The summed E-state index contributed by atoms with van der Waals surface area (Å²) >= 11 is 1.48. The Morgan fingerprint density at radius 2 is 1.90 bits per heavy atom. The van der Waals surface area contributed by atoms with Crippen molar-refractivity contribution in [2.45, 2.75) is 12.8 Å². The zero-order chi connectivity index (χ0) is 14.1. The minimum Gasteiger partial charge on any atom is -0.462 e. The maximum atomic E-state index is 5.37. The van der Waals surface area contributed by atoms with E-state index in [0.29, 0.717) is 0 Å². The summed E-state index contributed by atoms with van der Waals surface area (Å²) in [5.41, 5.74) is 1.29. The van der Waals surface area contributed by atoms with Crippen LogP contribution in [0.25, 0.3) is 15.7 Å². The summed E-state index contributed by atoms with van der Waals surface area (Å²) in [7, 11) is 0. The lowest BCUT2D eigenvalue weighted by Crippen LogP contribution is -1.99. The molecule has 0 N–H and O–H groups in total. The summed E-state index contributed by atoms with van der Waals surface area (Å²) in [6.07, 6.45) is 3.38. The number of benzene rings is 1. The number of aryl methyl sites for hydroxylation is 2. The molecule has 0 aliphatic heterocycles. The van der Waals surface area contributed by atoms with E-state index in [1.54, 1.807) is 6.26 Å². The molecule has 1 aromatic carbocycles. The van der Waals surface area contributed by atoms with Crippen molar-refractivity contribution >= 4 is 16.3 Å². The topological polar surface area (TPSA) is 56.2 Å². The fourth-order valence-electron chi connectivity index (χ4n) is 2.21. The van der Waals surface area contributed by atoms with E-state index in [0.717, 1.165) is 34.4 Å². The highest BCUT2D eigenvalue weighted by molar-refractivity contribution is 7.19. The van der Waals surface area contributed by atoms with Crippen LogP contribution < -0.4 is 0 Å². The number of rotatable bonds is 4. The van der Waals surface area contributed by atoms with Crippen molar-refractivity contribution in [1.82, 2.24) is 19.8 Å². The summed E-state index contributed by atoms with van der Waals surface area (Å²) in [5, 5.41) is 13.8. The Labute approximate surface area is 124 Å². The summed E-state index contributed by atoms with van der Waals surface area (Å²) < 4.78 is 7.19. The summed E-state index contributed by atoms with van der Waals surface area (Å²) in [4.78, 5) is 0.796. The molecular weight excluding hydrogens is 284 g/mol. The maximum Gasteiger partial charge on any atom is 0.235 e. The van der Waals surface area contributed by atoms with Gasteiger partial charge in [-0.15, -0.1) is 15.3 Å². The Morgan fingerprint density at radius 1 is 1.00 bits per heavy atom. The molecule has 0 radical (unpaired) electrons. The van der Waals surface area contributed by atoms with Gasteiger partial charge in [0.2, 0.25) is 4.96 Å². The molecule has 3 heterocycles. The molecule has 0 unspecified atom stereocenters. The molecule has 0 aliphatic rings. The summed E-state index contributed by atoms with van der Waals surface area (Å²) in [5.74, 6) is 1.64. The number of aromatic nitrogens is 4. The molecular formula is C15H12N4OS. The van der Waals surface area contributed by atoms with Crippen LogP contribution in [0.4, 0.5) is 0 Å². The first-order valence-electron chi connectivity index (χ1n) is 6.69. The van der Waals surface area contributed by atoms with Crippen LogP contribution in [-0.2, 0) is 12.8 Å². The third kappa shape index (κ3) is 2.34. The minimum atomic E-state index is 0.763. The van der Waals surface area contributed by atoms with Crippen LogP contribution in [0.1, 0.15) is 11.4 Å². The van der Waals surface area contributed by atoms with Gasteiger partial charge >= 0.3 is 0 Å². The first kappa shape index (κ1) is 12.3. The molecule has 0 saturated heterocycles. The van der Waals surface area contributed by atoms with Crippen molar-refractivity contribution < 1.29 is 4.42 Å². The molecule has 0 saturated carbocycles. The van der Waals surface area contributed by atoms with Gasteiger partial charge in [-0.1, -0.05) is 41.7 Å². The Morgan fingerprint density at radius 3 is 2.71 bits per heavy atom. The largest absolute Gasteiger partial charge is 0.462 e. The molecule has 104 valence electrons. The predicted molar refractivity (Wildman–Crippen MR) is 80.2 cm³/mol. The van der Waals surface area contributed by atoms with Crippen LogP contribution in [0, 0.1) is 0 Å². The van der Waals surface area contributed by atoms with Gasteiger partial charge in [0.05, 0.1) is 6.26 Å². The highest BCUT2D eigenvalue weighted by Crippen LogP contribution is 2.25. The molecule has 0 amide bonds. The lowest BCUT2D eigenvalue weighted by atomic mass is 10.1. The number of hydrogen-bond acceptors (Lipinski definition) is 5. The SMILES string of the molecule is c1ccc(CCc2nnc3sc(-c4ccco4)nn23)cc1. The van der Waals surface area contributed by atoms with Crippen molar-refractivity contribution in [2.75, 3.05) is 0 Å². The van der Waals surface area contributed by atoms with Crippen LogP contribution in [0.5, 0.6) is 0 Å². The van der Waals surface area contributed by atoms with E-state index in [1.807, 2.05) is 34.8 Å². The Bertz CT molecular complexity index is 848. The third-order valence-electron chi connectivity index (χ3n) is 3.27. The van der Waals surface area contributed by atoms with Gasteiger partial charge in [-0.25, -0.2) is 0 Å². The van der Waals surface area contributed by atoms with Crippen molar-refractivity contribution in [1.29, 1.82) is 0 Å². The molecule has 21 heavy (non-hydrogen) atoms. The molecule has 0 bridgehead atoms. The van der Waals surface area contributed by atoms with Gasteiger partial charge in [-0.05, 0) is 24.1 Å². The van der Waals surface area contributed by atoms with Gasteiger partial charge in [-0.3, -0.25) is 0 Å². The van der Waals surface area contributed by atoms with Crippen LogP contribution >= 0.6 is 11.3 Å². The number of nitrogens with zero attached hydrogens (tertiary/aromatic N) is 4. The Kier molecular flexibility index (Phi) is 3.01.